The number of thiazole rings is 1. The van der Waals surface area contributed by atoms with E-state index in [4.69, 9.17) is 0 Å². The van der Waals surface area contributed by atoms with Crippen LogP contribution in [0.1, 0.15) is 18.4 Å². The number of nitrogens with one attached hydrogen (secondary N) is 1. The SMILES string of the molecule is O=C(CCCc1ccccc1)Nc1nccs1. The summed E-state index contributed by atoms with van der Waals surface area (Å²) in [6.45, 7) is 0. The van der Waals surface area contributed by atoms with Crippen LogP contribution in [0.3, 0.4) is 0 Å². The standard InChI is InChI=1S/C13H14N2OS/c16-12(15-13-14-9-10-17-13)8-4-7-11-5-2-1-3-6-11/h1-3,5-6,9-10H,4,7-8H2,(H,14,15,16). The van der Waals surface area contributed by atoms with Gasteiger partial charge in [-0.1, -0.05) is 30.3 Å². The van der Waals surface area contributed by atoms with E-state index >= 15 is 0 Å². The van der Waals surface area contributed by atoms with Crippen molar-refractivity contribution < 1.29 is 4.79 Å². The summed E-state index contributed by atoms with van der Waals surface area (Å²) in [7, 11) is 0. The molecule has 0 aliphatic heterocycles. The molecule has 1 aromatic heterocycles. The smallest absolute Gasteiger partial charge is 0.226 e. The van der Waals surface area contributed by atoms with Crippen LogP contribution in [-0.2, 0) is 11.2 Å². The Morgan fingerprint density at radius 2 is 2.12 bits per heavy atom. The van der Waals surface area contributed by atoms with Gasteiger partial charge in [-0.2, -0.15) is 0 Å². The molecule has 1 heterocycles. The van der Waals surface area contributed by atoms with Crippen LogP contribution in [0.15, 0.2) is 41.9 Å². The average Bonchev–Trinajstić information content (AvgIpc) is 2.83. The van der Waals surface area contributed by atoms with Crippen molar-refractivity contribution in [2.24, 2.45) is 0 Å². The summed E-state index contributed by atoms with van der Waals surface area (Å²) >= 11 is 1.44. The molecule has 1 aromatic carbocycles. The number of aryl methyl sites for hydroxylation is 1. The minimum atomic E-state index is 0.0379. The van der Waals surface area contributed by atoms with Crippen LogP contribution in [0.5, 0.6) is 0 Å². The number of hydrogen-bond donors (Lipinski definition) is 1. The summed E-state index contributed by atoms with van der Waals surface area (Å²) in [5, 5.41) is 5.30. The fourth-order valence-corrected chi connectivity index (χ4v) is 2.11. The van der Waals surface area contributed by atoms with Crippen molar-refractivity contribution in [1.82, 2.24) is 4.98 Å². The molecule has 4 heteroatoms. The molecular weight excluding hydrogens is 232 g/mol. The Balaban J connectivity index is 1.70. The maximum Gasteiger partial charge on any atom is 0.226 e. The van der Waals surface area contributed by atoms with Gasteiger partial charge in [-0.15, -0.1) is 11.3 Å². The monoisotopic (exact) mass is 246 g/mol. The largest absolute Gasteiger partial charge is 0.302 e. The molecule has 0 bridgehead atoms. The maximum atomic E-state index is 11.6. The molecule has 0 spiro atoms. The van der Waals surface area contributed by atoms with Gasteiger partial charge < -0.3 is 5.32 Å². The number of rotatable bonds is 5. The van der Waals surface area contributed by atoms with Gasteiger partial charge in [-0.3, -0.25) is 4.79 Å². The molecule has 0 aliphatic carbocycles. The molecule has 3 nitrogen and oxygen atoms in total. The van der Waals surface area contributed by atoms with Gasteiger partial charge in [0.15, 0.2) is 5.13 Å². The lowest BCUT2D eigenvalue weighted by Crippen LogP contribution is -2.11. The zero-order valence-corrected chi connectivity index (χ0v) is 10.2. The summed E-state index contributed by atoms with van der Waals surface area (Å²) in [5.41, 5.74) is 1.27. The number of carbonyl (C=O) groups is 1. The zero-order chi connectivity index (χ0) is 11.9. The quantitative estimate of drug-likeness (QED) is 0.880. The first-order valence-corrected chi connectivity index (χ1v) is 6.46. The molecule has 0 saturated heterocycles. The summed E-state index contributed by atoms with van der Waals surface area (Å²) < 4.78 is 0. The van der Waals surface area contributed by atoms with Crippen LogP contribution in [0.4, 0.5) is 5.13 Å². The van der Waals surface area contributed by atoms with E-state index in [0.29, 0.717) is 11.6 Å². The van der Waals surface area contributed by atoms with Crippen molar-refractivity contribution in [3.8, 4) is 0 Å². The van der Waals surface area contributed by atoms with E-state index in [-0.39, 0.29) is 5.91 Å². The van der Waals surface area contributed by atoms with Crippen LogP contribution < -0.4 is 5.32 Å². The highest BCUT2D eigenvalue weighted by atomic mass is 32.1. The highest BCUT2D eigenvalue weighted by Gasteiger charge is 2.03. The van der Waals surface area contributed by atoms with Gasteiger partial charge in [-0.05, 0) is 18.4 Å². The summed E-state index contributed by atoms with van der Waals surface area (Å²) in [6.07, 6.45) is 4.02. The third-order valence-corrected chi connectivity index (χ3v) is 3.08. The molecule has 0 aliphatic rings. The van der Waals surface area contributed by atoms with Gasteiger partial charge in [0.25, 0.3) is 0 Å². The number of carbonyl (C=O) groups excluding carboxylic acids is 1. The van der Waals surface area contributed by atoms with Crippen molar-refractivity contribution in [3.63, 3.8) is 0 Å². The van der Waals surface area contributed by atoms with Gasteiger partial charge in [0.2, 0.25) is 5.91 Å². The van der Waals surface area contributed by atoms with Gasteiger partial charge in [0, 0.05) is 18.0 Å². The number of hydrogen-bond acceptors (Lipinski definition) is 3. The Hall–Kier alpha value is -1.68. The number of benzene rings is 1. The summed E-state index contributed by atoms with van der Waals surface area (Å²) in [5.74, 6) is 0.0379. The Labute approximate surface area is 105 Å². The predicted octanol–water partition coefficient (Wildman–Crippen LogP) is 3.10. The highest BCUT2D eigenvalue weighted by Crippen LogP contribution is 2.11. The van der Waals surface area contributed by atoms with Gasteiger partial charge in [0.1, 0.15) is 0 Å². The van der Waals surface area contributed by atoms with Crippen molar-refractivity contribution in [2.45, 2.75) is 19.3 Å². The third kappa shape index (κ3) is 4.00. The highest BCUT2D eigenvalue weighted by molar-refractivity contribution is 7.13. The van der Waals surface area contributed by atoms with E-state index in [1.807, 2.05) is 23.6 Å². The normalized spacial score (nSPS) is 10.1. The van der Waals surface area contributed by atoms with Crippen molar-refractivity contribution in [1.29, 1.82) is 0 Å². The molecule has 0 atom stereocenters. The number of amides is 1. The lowest BCUT2D eigenvalue weighted by molar-refractivity contribution is -0.116. The molecule has 1 amide bonds. The van der Waals surface area contributed by atoms with Crippen LogP contribution in [0, 0.1) is 0 Å². The second kappa shape index (κ2) is 6.15. The lowest BCUT2D eigenvalue weighted by Gasteiger charge is -2.02. The molecule has 2 rings (SSSR count). The number of anilines is 1. The van der Waals surface area contributed by atoms with Gasteiger partial charge in [0.05, 0.1) is 0 Å². The van der Waals surface area contributed by atoms with Crippen LogP contribution in [0.2, 0.25) is 0 Å². The van der Waals surface area contributed by atoms with E-state index in [1.165, 1.54) is 16.9 Å². The molecule has 0 fully saturated rings. The molecule has 88 valence electrons. The Kier molecular flexibility index (Phi) is 4.27. The van der Waals surface area contributed by atoms with Crippen LogP contribution >= 0.6 is 11.3 Å². The molecule has 0 unspecified atom stereocenters. The van der Waals surface area contributed by atoms with E-state index in [2.05, 4.69) is 22.4 Å². The van der Waals surface area contributed by atoms with E-state index in [9.17, 15) is 4.79 Å². The molecule has 0 saturated carbocycles. The van der Waals surface area contributed by atoms with Crippen LogP contribution in [-0.4, -0.2) is 10.9 Å². The number of nitrogens with zero attached hydrogens (tertiary/aromatic N) is 1. The van der Waals surface area contributed by atoms with Crippen LogP contribution in [0.25, 0.3) is 0 Å². The second-order valence-corrected chi connectivity index (χ2v) is 4.62. The molecular formula is C13H14N2OS. The predicted molar refractivity (Wildman–Crippen MR) is 70.1 cm³/mol. The van der Waals surface area contributed by atoms with Crippen molar-refractivity contribution in [2.75, 3.05) is 5.32 Å². The van der Waals surface area contributed by atoms with Gasteiger partial charge >= 0.3 is 0 Å². The van der Waals surface area contributed by atoms with E-state index < -0.39 is 0 Å². The molecule has 0 radical (unpaired) electrons. The Morgan fingerprint density at radius 1 is 1.29 bits per heavy atom. The first kappa shape index (κ1) is 11.8. The topological polar surface area (TPSA) is 42.0 Å². The fraction of sp³-hybridized carbons (Fsp3) is 0.231. The van der Waals surface area contributed by atoms with Crippen molar-refractivity contribution >= 4 is 22.4 Å². The third-order valence-electron chi connectivity index (χ3n) is 2.39. The first-order chi connectivity index (χ1) is 8.34. The Morgan fingerprint density at radius 3 is 2.82 bits per heavy atom. The maximum absolute atomic E-state index is 11.6. The zero-order valence-electron chi connectivity index (χ0n) is 9.43. The van der Waals surface area contributed by atoms with Gasteiger partial charge in [-0.25, -0.2) is 4.98 Å². The minimum Gasteiger partial charge on any atom is -0.302 e. The molecule has 17 heavy (non-hydrogen) atoms. The number of aromatic nitrogens is 1. The average molecular weight is 246 g/mol. The summed E-state index contributed by atoms with van der Waals surface area (Å²) in [4.78, 5) is 15.6. The van der Waals surface area contributed by atoms with Crippen molar-refractivity contribution in [3.05, 3.63) is 47.5 Å². The first-order valence-electron chi connectivity index (χ1n) is 5.58. The van der Waals surface area contributed by atoms with E-state index in [0.717, 1.165) is 12.8 Å². The minimum absolute atomic E-state index is 0.0379. The fourth-order valence-electron chi connectivity index (χ4n) is 1.56. The summed E-state index contributed by atoms with van der Waals surface area (Å²) in [6, 6.07) is 10.2. The lowest BCUT2D eigenvalue weighted by atomic mass is 10.1. The Bertz CT molecular complexity index is 454. The second-order valence-electron chi connectivity index (χ2n) is 3.72. The van der Waals surface area contributed by atoms with E-state index in [1.54, 1.807) is 6.20 Å². The molecule has 1 N–H and O–H groups in total. The molecule has 2 aromatic rings.